The average Bonchev–Trinajstić information content (AvgIpc) is 2.50. The van der Waals surface area contributed by atoms with E-state index in [0.717, 1.165) is 11.1 Å². The summed E-state index contributed by atoms with van der Waals surface area (Å²) >= 11 is 12.2. The summed E-state index contributed by atoms with van der Waals surface area (Å²) < 4.78 is 0. The maximum absolute atomic E-state index is 12.5. The normalized spacial score (nSPS) is 13.5. The fraction of sp³-hybridized carbons (Fsp3) is 0.235. The number of alkyl halides is 1. The Balaban J connectivity index is 2.30. The third-order valence-electron chi connectivity index (χ3n) is 3.58. The van der Waals surface area contributed by atoms with Crippen LogP contribution in [0.25, 0.3) is 0 Å². The zero-order chi connectivity index (χ0) is 15.5. The second-order valence-corrected chi connectivity index (χ2v) is 5.87. The predicted octanol–water partition coefficient (Wildman–Crippen LogP) is 4.53. The van der Waals surface area contributed by atoms with E-state index in [1.807, 2.05) is 44.2 Å². The van der Waals surface area contributed by atoms with Gasteiger partial charge in [0.05, 0.1) is 5.54 Å². The van der Waals surface area contributed by atoms with E-state index < -0.39 is 5.54 Å². The third-order valence-corrected chi connectivity index (χ3v) is 4.52. The lowest BCUT2D eigenvalue weighted by Gasteiger charge is -2.29. The first-order chi connectivity index (χ1) is 9.98. The van der Waals surface area contributed by atoms with Crippen LogP contribution in [0.1, 0.15) is 28.4 Å². The zero-order valence-electron chi connectivity index (χ0n) is 12.0. The highest BCUT2D eigenvalue weighted by Crippen LogP contribution is 2.24. The molecule has 1 unspecified atom stereocenters. The first-order valence-corrected chi connectivity index (χ1v) is 7.58. The van der Waals surface area contributed by atoms with Crippen LogP contribution in [0.4, 0.5) is 0 Å². The Hall–Kier alpha value is -1.51. The number of nitrogens with one attached hydrogen (secondary N) is 1. The van der Waals surface area contributed by atoms with Crippen molar-refractivity contribution in [3.8, 4) is 0 Å². The molecular weight excluding hydrogens is 305 g/mol. The highest BCUT2D eigenvalue weighted by atomic mass is 35.5. The van der Waals surface area contributed by atoms with Crippen LogP contribution in [0.5, 0.6) is 0 Å². The van der Waals surface area contributed by atoms with Gasteiger partial charge < -0.3 is 5.32 Å². The number of carbonyl (C=O) groups excluding carboxylic acids is 1. The monoisotopic (exact) mass is 321 g/mol. The molecule has 0 saturated carbocycles. The third kappa shape index (κ3) is 3.39. The van der Waals surface area contributed by atoms with Crippen molar-refractivity contribution < 1.29 is 4.79 Å². The molecule has 21 heavy (non-hydrogen) atoms. The smallest absolute Gasteiger partial charge is 0.252 e. The van der Waals surface area contributed by atoms with E-state index in [9.17, 15) is 4.79 Å². The molecule has 2 aromatic carbocycles. The Kier molecular flexibility index (Phi) is 4.92. The Morgan fingerprint density at radius 1 is 1.14 bits per heavy atom. The van der Waals surface area contributed by atoms with E-state index in [4.69, 9.17) is 23.2 Å². The summed E-state index contributed by atoms with van der Waals surface area (Å²) in [7, 11) is 0. The lowest BCUT2D eigenvalue weighted by atomic mass is 9.93. The highest BCUT2D eigenvalue weighted by Gasteiger charge is 2.28. The van der Waals surface area contributed by atoms with Crippen LogP contribution in [0, 0.1) is 6.92 Å². The fourth-order valence-corrected chi connectivity index (χ4v) is 2.56. The molecule has 1 amide bonds. The van der Waals surface area contributed by atoms with Crippen LogP contribution >= 0.6 is 23.2 Å². The molecular formula is C17H17Cl2NO. The number of hydrogen-bond donors (Lipinski definition) is 1. The van der Waals surface area contributed by atoms with Gasteiger partial charge in [0.15, 0.2) is 0 Å². The lowest BCUT2D eigenvalue weighted by molar-refractivity contribution is 0.0912. The number of benzene rings is 2. The number of amides is 1. The first kappa shape index (κ1) is 15.9. The van der Waals surface area contributed by atoms with E-state index in [0.29, 0.717) is 10.6 Å². The molecule has 1 N–H and O–H groups in total. The van der Waals surface area contributed by atoms with Gasteiger partial charge in [-0.15, -0.1) is 11.6 Å². The molecule has 0 saturated heterocycles. The molecule has 1 atom stereocenters. The minimum atomic E-state index is -0.630. The van der Waals surface area contributed by atoms with Crippen molar-refractivity contribution >= 4 is 29.1 Å². The van der Waals surface area contributed by atoms with Gasteiger partial charge in [-0.25, -0.2) is 0 Å². The fourth-order valence-electron chi connectivity index (χ4n) is 2.16. The second kappa shape index (κ2) is 6.50. The first-order valence-electron chi connectivity index (χ1n) is 6.67. The number of carbonyl (C=O) groups is 1. The second-order valence-electron chi connectivity index (χ2n) is 5.20. The van der Waals surface area contributed by atoms with Crippen LogP contribution in [-0.4, -0.2) is 11.8 Å². The summed E-state index contributed by atoms with van der Waals surface area (Å²) in [5, 5.41) is 3.59. The van der Waals surface area contributed by atoms with E-state index in [1.165, 1.54) is 0 Å². The van der Waals surface area contributed by atoms with Gasteiger partial charge in [0.25, 0.3) is 5.91 Å². The van der Waals surface area contributed by atoms with Gasteiger partial charge in [0.1, 0.15) is 0 Å². The summed E-state index contributed by atoms with van der Waals surface area (Å²) in [4.78, 5) is 12.5. The van der Waals surface area contributed by atoms with Crippen LogP contribution in [0.2, 0.25) is 5.02 Å². The Bertz CT molecular complexity index is 642. The standard InChI is InChI=1S/C17H17Cl2NO/c1-12-14(9-6-10-15(12)19)16(21)20-17(2,11-18)13-7-4-3-5-8-13/h3-10H,11H2,1-2H3,(H,20,21). The van der Waals surface area contributed by atoms with Crippen molar-refractivity contribution in [3.63, 3.8) is 0 Å². The molecule has 0 aromatic heterocycles. The molecule has 0 spiro atoms. The molecule has 0 heterocycles. The Morgan fingerprint density at radius 2 is 1.81 bits per heavy atom. The molecule has 110 valence electrons. The Labute approximate surface area is 135 Å². The van der Waals surface area contributed by atoms with Crippen molar-refractivity contribution in [1.82, 2.24) is 5.32 Å². The maximum atomic E-state index is 12.5. The summed E-state index contributed by atoms with van der Waals surface area (Å²) in [5.74, 6) is 0.101. The van der Waals surface area contributed by atoms with Crippen LogP contribution < -0.4 is 5.32 Å². The lowest BCUT2D eigenvalue weighted by Crippen LogP contribution is -2.45. The van der Waals surface area contributed by atoms with Gasteiger partial charge in [0.2, 0.25) is 0 Å². The topological polar surface area (TPSA) is 29.1 Å². The van der Waals surface area contributed by atoms with Crippen LogP contribution in [0.3, 0.4) is 0 Å². The molecule has 2 aromatic rings. The van der Waals surface area contributed by atoms with Crippen molar-refractivity contribution in [2.75, 3.05) is 5.88 Å². The average molecular weight is 322 g/mol. The zero-order valence-corrected chi connectivity index (χ0v) is 13.5. The molecule has 2 rings (SSSR count). The highest BCUT2D eigenvalue weighted by molar-refractivity contribution is 6.31. The van der Waals surface area contributed by atoms with E-state index in [1.54, 1.807) is 18.2 Å². The van der Waals surface area contributed by atoms with Crippen molar-refractivity contribution in [3.05, 3.63) is 70.2 Å². The van der Waals surface area contributed by atoms with Crippen LogP contribution in [0.15, 0.2) is 48.5 Å². The van der Waals surface area contributed by atoms with E-state index in [2.05, 4.69) is 5.32 Å². The maximum Gasteiger partial charge on any atom is 0.252 e. The molecule has 2 nitrogen and oxygen atoms in total. The molecule has 0 radical (unpaired) electrons. The van der Waals surface area contributed by atoms with Crippen molar-refractivity contribution in [2.24, 2.45) is 0 Å². The molecule has 4 heteroatoms. The van der Waals surface area contributed by atoms with Gasteiger partial charge in [0, 0.05) is 16.5 Å². The van der Waals surface area contributed by atoms with Crippen molar-refractivity contribution in [2.45, 2.75) is 19.4 Å². The number of hydrogen-bond acceptors (Lipinski definition) is 1. The number of rotatable bonds is 4. The Morgan fingerprint density at radius 3 is 2.43 bits per heavy atom. The summed E-state index contributed by atoms with van der Waals surface area (Å²) in [6, 6.07) is 15.0. The molecule has 0 aliphatic heterocycles. The molecule has 0 fully saturated rings. The van der Waals surface area contributed by atoms with Crippen molar-refractivity contribution in [1.29, 1.82) is 0 Å². The SMILES string of the molecule is Cc1c(Cl)cccc1C(=O)NC(C)(CCl)c1ccccc1. The summed E-state index contributed by atoms with van der Waals surface area (Å²) in [5.41, 5.74) is 1.67. The minimum Gasteiger partial charge on any atom is -0.342 e. The molecule has 0 bridgehead atoms. The summed E-state index contributed by atoms with van der Waals surface area (Å²) in [6.07, 6.45) is 0. The minimum absolute atomic E-state index is 0.179. The van der Waals surface area contributed by atoms with Gasteiger partial charge in [-0.3, -0.25) is 4.79 Å². The van der Waals surface area contributed by atoms with E-state index in [-0.39, 0.29) is 11.8 Å². The number of halogens is 2. The van der Waals surface area contributed by atoms with Crippen LogP contribution in [-0.2, 0) is 5.54 Å². The van der Waals surface area contributed by atoms with Gasteiger partial charge >= 0.3 is 0 Å². The quantitative estimate of drug-likeness (QED) is 0.823. The summed E-state index contributed by atoms with van der Waals surface area (Å²) in [6.45, 7) is 3.74. The van der Waals surface area contributed by atoms with Gasteiger partial charge in [-0.1, -0.05) is 48.0 Å². The van der Waals surface area contributed by atoms with E-state index >= 15 is 0 Å². The molecule has 0 aliphatic carbocycles. The largest absolute Gasteiger partial charge is 0.342 e. The van der Waals surface area contributed by atoms with Gasteiger partial charge in [-0.2, -0.15) is 0 Å². The van der Waals surface area contributed by atoms with Gasteiger partial charge in [-0.05, 0) is 37.1 Å². The molecule has 0 aliphatic rings. The predicted molar refractivity (Wildman–Crippen MR) is 88.2 cm³/mol.